The highest BCUT2D eigenvalue weighted by Crippen LogP contribution is 2.19. The normalized spacial score (nSPS) is 15.7. The zero-order valence-electron chi connectivity index (χ0n) is 15.8. The number of carbonyl (C=O) groups is 1. The Morgan fingerprint density at radius 1 is 1.19 bits per heavy atom. The van der Waals surface area contributed by atoms with E-state index in [0.717, 1.165) is 42.6 Å². The average molecular weight is 367 g/mol. The molecule has 0 saturated carbocycles. The number of rotatable bonds is 5. The molecule has 7 heteroatoms. The molecule has 1 amide bonds. The summed E-state index contributed by atoms with van der Waals surface area (Å²) in [5.41, 5.74) is 2.13. The number of nitrogens with zero attached hydrogens (tertiary/aromatic N) is 4. The number of fused-ring (bicyclic) bond motifs is 1. The van der Waals surface area contributed by atoms with E-state index in [0.29, 0.717) is 24.7 Å². The first kappa shape index (κ1) is 17.7. The fraction of sp³-hybridized carbons (Fsp3) is 0.450. The van der Waals surface area contributed by atoms with Crippen LogP contribution in [0.4, 0.5) is 0 Å². The number of benzene rings is 1. The van der Waals surface area contributed by atoms with E-state index >= 15 is 0 Å². The van der Waals surface area contributed by atoms with E-state index in [-0.39, 0.29) is 11.8 Å². The molecule has 1 N–H and O–H groups in total. The molecular formula is C20H25N5O2. The quantitative estimate of drug-likeness (QED) is 0.750. The summed E-state index contributed by atoms with van der Waals surface area (Å²) in [7, 11) is 0. The number of hydrogen-bond donors (Lipinski definition) is 1. The van der Waals surface area contributed by atoms with Gasteiger partial charge >= 0.3 is 0 Å². The minimum atomic E-state index is 0.180. The highest BCUT2D eigenvalue weighted by molar-refractivity contribution is 5.88. The van der Waals surface area contributed by atoms with Gasteiger partial charge in [-0.15, -0.1) is 10.2 Å². The summed E-state index contributed by atoms with van der Waals surface area (Å²) in [4.78, 5) is 20.2. The lowest BCUT2D eigenvalue weighted by atomic mass is 10.1. The number of amides is 1. The van der Waals surface area contributed by atoms with Gasteiger partial charge in [0, 0.05) is 49.2 Å². The molecule has 27 heavy (non-hydrogen) atoms. The van der Waals surface area contributed by atoms with Crippen LogP contribution in [0.1, 0.15) is 37.1 Å². The standard InChI is InChI=1S/C20H25N5O2/c1-14(2)20-23-22-18(27-20)13-24-7-9-25(10-8-24)19(26)11-15-12-21-17-6-4-3-5-16(15)17/h3-6,12,14,21H,7-11,13H2,1-2H3. The molecule has 1 aromatic carbocycles. The van der Waals surface area contributed by atoms with Crippen LogP contribution in [-0.4, -0.2) is 57.1 Å². The van der Waals surface area contributed by atoms with Crippen LogP contribution in [0.3, 0.4) is 0 Å². The number of aromatic nitrogens is 3. The van der Waals surface area contributed by atoms with Crippen molar-refractivity contribution < 1.29 is 9.21 Å². The first-order valence-corrected chi connectivity index (χ1v) is 9.47. The summed E-state index contributed by atoms with van der Waals surface area (Å²) in [6.45, 7) is 7.81. The van der Waals surface area contributed by atoms with Crippen molar-refractivity contribution in [1.82, 2.24) is 25.0 Å². The van der Waals surface area contributed by atoms with Gasteiger partial charge in [-0.1, -0.05) is 32.0 Å². The molecule has 0 bridgehead atoms. The van der Waals surface area contributed by atoms with Gasteiger partial charge in [0.25, 0.3) is 0 Å². The SMILES string of the molecule is CC(C)c1nnc(CN2CCN(C(=O)Cc3c[nH]c4ccccc34)CC2)o1. The van der Waals surface area contributed by atoms with Crippen LogP contribution in [-0.2, 0) is 17.8 Å². The molecule has 0 spiro atoms. The lowest BCUT2D eigenvalue weighted by molar-refractivity contribution is -0.132. The van der Waals surface area contributed by atoms with E-state index in [2.05, 4.69) is 26.1 Å². The van der Waals surface area contributed by atoms with E-state index < -0.39 is 0 Å². The van der Waals surface area contributed by atoms with Gasteiger partial charge in [0.2, 0.25) is 17.7 Å². The second kappa shape index (κ2) is 7.52. The summed E-state index contributed by atoms with van der Waals surface area (Å²) in [5.74, 6) is 1.75. The van der Waals surface area contributed by atoms with Crippen molar-refractivity contribution >= 4 is 16.8 Å². The third kappa shape index (κ3) is 3.88. The first-order chi connectivity index (χ1) is 13.1. The number of nitrogens with one attached hydrogen (secondary N) is 1. The van der Waals surface area contributed by atoms with Crippen LogP contribution in [0.15, 0.2) is 34.9 Å². The Morgan fingerprint density at radius 3 is 2.70 bits per heavy atom. The van der Waals surface area contributed by atoms with Crippen LogP contribution < -0.4 is 0 Å². The predicted octanol–water partition coefficient (Wildman–Crippen LogP) is 2.56. The molecule has 1 aliphatic rings. The highest BCUT2D eigenvalue weighted by atomic mass is 16.4. The monoisotopic (exact) mass is 367 g/mol. The number of para-hydroxylation sites is 1. The first-order valence-electron chi connectivity index (χ1n) is 9.47. The average Bonchev–Trinajstić information content (AvgIpc) is 3.30. The Bertz CT molecular complexity index is 921. The Kier molecular flexibility index (Phi) is 4.94. The molecule has 3 aromatic rings. The number of piperazine rings is 1. The maximum atomic E-state index is 12.7. The van der Waals surface area contributed by atoms with Crippen molar-refractivity contribution in [1.29, 1.82) is 0 Å². The van der Waals surface area contributed by atoms with Crippen LogP contribution in [0.2, 0.25) is 0 Å². The second-order valence-electron chi connectivity index (χ2n) is 7.38. The predicted molar refractivity (Wildman–Crippen MR) is 102 cm³/mol. The summed E-state index contributed by atoms with van der Waals surface area (Å²) >= 11 is 0. The highest BCUT2D eigenvalue weighted by Gasteiger charge is 2.23. The van der Waals surface area contributed by atoms with E-state index in [1.165, 1.54) is 0 Å². The number of hydrogen-bond acceptors (Lipinski definition) is 5. The summed E-state index contributed by atoms with van der Waals surface area (Å²) in [6.07, 6.45) is 2.38. The van der Waals surface area contributed by atoms with Gasteiger partial charge in [0.1, 0.15) is 0 Å². The summed E-state index contributed by atoms with van der Waals surface area (Å²) in [5, 5.41) is 9.33. The number of H-pyrrole nitrogens is 1. The molecule has 0 atom stereocenters. The van der Waals surface area contributed by atoms with E-state index in [1.807, 2.05) is 43.1 Å². The van der Waals surface area contributed by atoms with Crippen molar-refractivity contribution in [2.75, 3.05) is 26.2 Å². The molecule has 0 radical (unpaired) electrons. The second-order valence-corrected chi connectivity index (χ2v) is 7.38. The third-order valence-corrected chi connectivity index (χ3v) is 5.08. The van der Waals surface area contributed by atoms with Crippen molar-refractivity contribution in [3.8, 4) is 0 Å². The van der Waals surface area contributed by atoms with Gasteiger partial charge in [-0.05, 0) is 11.6 Å². The van der Waals surface area contributed by atoms with E-state index in [4.69, 9.17) is 4.42 Å². The Morgan fingerprint density at radius 2 is 1.96 bits per heavy atom. The molecule has 2 aromatic heterocycles. The van der Waals surface area contributed by atoms with Gasteiger partial charge < -0.3 is 14.3 Å². The summed E-state index contributed by atoms with van der Waals surface area (Å²) in [6, 6.07) is 8.09. The van der Waals surface area contributed by atoms with Crippen LogP contribution in [0, 0.1) is 0 Å². The molecule has 1 aliphatic heterocycles. The van der Waals surface area contributed by atoms with Gasteiger partial charge in [-0.25, -0.2) is 0 Å². The molecule has 0 aliphatic carbocycles. The van der Waals surface area contributed by atoms with Gasteiger partial charge in [-0.3, -0.25) is 9.69 Å². The molecule has 7 nitrogen and oxygen atoms in total. The molecule has 142 valence electrons. The molecule has 3 heterocycles. The Hall–Kier alpha value is -2.67. The van der Waals surface area contributed by atoms with Crippen molar-refractivity contribution in [3.05, 3.63) is 47.8 Å². The van der Waals surface area contributed by atoms with E-state index in [9.17, 15) is 4.79 Å². The maximum absolute atomic E-state index is 12.7. The zero-order chi connectivity index (χ0) is 18.8. The topological polar surface area (TPSA) is 78.3 Å². The zero-order valence-corrected chi connectivity index (χ0v) is 15.8. The molecule has 1 saturated heterocycles. The molecule has 0 unspecified atom stereocenters. The molecule has 4 rings (SSSR count). The van der Waals surface area contributed by atoms with Crippen LogP contribution in [0.5, 0.6) is 0 Å². The van der Waals surface area contributed by atoms with Gasteiger partial charge in [0.05, 0.1) is 13.0 Å². The minimum Gasteiger partial charge on any atom is -0.424 e. The van der Waals surface area contributed by atoms with Crippen LogP contribution in [0.25, 0.3) is 10.9 Å². The van der Waals surface area contributed by atoms with E-state index in [1.54, 1.807) is 0 Å². The van der Waals surface area contributed by atoms with Gasteiger partial charge in [-0.2, -0.15) is 0 Å². The Balaban J connectivity index is 1.31. The molecule has 1 fully saturated rings. The van der Waals surface area contributed by atoms with Crippen LogP contribution >= 0.6 is 0 Å². The fourth-order valence-corrected chi connectivity index (χ4v) is 3.46. The van der Waals surface area contributed by atoms with Crippen molar-refractivity contribution in [3.63, 3.8) is 0 Å². The maximum Gasteiger partial charge on any atom is 0.230 e. The fourth-order valence-electron chi connectivity index (χ4n) is 3.46. The van der Waals surface area contributed by atoms with Crippen molar-refractivity contribution in [2.24, 2.45) is 0 Å². The Labute approximate surface area is 158 Å². The largest absolute Gasteiger partial charge is 0.424 e. The minimum absolute atomic E-state index is 0.180. The van der Waals surface area contributed by atoms with Gasteiger partial charge in [0.15, 0.2) is 0 Å². The smallest absolute Gasteiger partial charge is 0.230 e. The lowest BCUT2D eigenvalue weighted by Gasteiger charge is -2.34. The number of carbonyl (C=O) groups excluding carboxylic acids is 1. The summed E-state index contributed by atoms with van der Waals surface area (Å²) < 4.78 is 5.69. The molecular weight excluding hydrogens is 342 g/mol. The third-order valence-electron chi connectivity index (χ3n) is 5.08. The number of aromatic amines is 1. The van der Waals surface area contributed by atoms with Crippen molar-refractivity contribution in [2.45, 2.75) is 32.7 Å². The lowest BCUT2D eigenvalue weighted by Crippen LogP contribution is -2.48.